The van der Waals surface area contributed by atoms with Gasteiger partial charge in [0.25, 0.3) is 0 Å². The zero-order valence-corrected chi connectivity index (χ0v) is 15.4. The lowest BCUT2D eigenvalue weighted by Gasteiger charge is -2.51. The molecule has 3 saturated heterocycles. The van der Waals surface area contributed by atoms with Crippen LogP contribution in [0.25, 0.3) is 21.3 Å². The fourth-order valence-corrected chi connectivity index (χ4v) is 4.90. The van der Waals surface area contributed by atoms with Crippen LogP contribution in [0.2, 0.25) is 0 Å². The summed E-state index contributed by atoms with van der Waals surface area (Å²) in [6.07, 6.45) is 5.42. The van der Waals surface area contributed by atoms with Gasteiger partial charge in [0, 0.05) is 29.1 Å². The minimum Gasteiger partial charge on any atom is -0.497 e. The van der Waals surface area contributed by atoms with Gasteiger partial charge in [0.05, 0.1) is 18.7 Å². The Morgan fingerprint density at radius 1 is 1.42 bits per heavy atom. The van der Waals surface area contributed by atoms with E-state index in [-0.39, 0.29) is 12.1 Å². The van der Waals surface area contributed by atoms with Crippen LogP contribution in [-0.2, 0) is 0 Å². The zero-order valence-electron chi connectivity index (χ0n) is 15.4. The minimum atomic E-state index is -0.196. The molecule has 4 heterocycles. The summed E-state index contributed by atoms with van der Waals surface area (Å²) in [7, 11) is 1.67. The van der Waals surface area contributed by atoms with Crippen LogP contribution in [-0.4, -0.2) is 36.1 Å². The molecule has 5 atom stereocenters. The monoisotopic (exact) mass is 351 g/mol. The second-order valence-corrected chi connectivity index (χ2v) is 7.45. The molecule has 5 unspecified atom stereocenters. The molecule has 6 nitrogen and oxygen atoms in total. The number of fused-ring (bicyclic) bond motifs is 4. The van der Waals surface area contributed by atoms with E-state index in [4.69, 9.17) is 4.74 Å². The number of ether oxygens (including phenoxy) is 1. The summed E-state index contributed by atoms with van der Waals surface area (Å²) in [5.74, 6) is 2.32. The van der Waals surface area contributed by atoms with Crippen molar-refractivity contribution in [2.45, 2.75) is 38.3 Å². The molecule has 0 saturated carbocycles. The number of methoxy groups -OCH3 is 1. The van der Waals surface area contributed by atoms with Gasteiger partial charge in [0.15, 0.2) is 0 Å². The van der Waals surface area contributed by atoms with Crippen LogP contribution in [0.4, 0.5) is 0 Å². The Morgan fingerprint density at radius 2 is 2.31 bits per heavy atom. The fraction of sp³-hybridized carbons (Fsp3) is 0.550. The average Bonchev–Trinajstić information content (AvgIpc) is 2.71. The molecule has 0 amide bonds. The number of rotatable bonds is 5. The quantitative estimate of drug-likeness (QED) is 0.444. The molecule has 6 heteroatoms. The van der Waals surface area contributed by atoms with E-state index < -0.39 is 0 Å². The van der Waals surface area contributed by atoms with Crippen molar-refractivity contribution < 1.29 is 4.74 Å². The normalized spacial score (nSPS) is 28.5. The van der Waals surface area contributed by atoms with Gasteiger partial charge in [-0.3, -0.25) is 9.88 Å². The number of nitrogens with zero attached hydrogens (tertiary/aromatic N) is 5. The van der Waals surface area contributed by atoms with Crippen molar-refractivity contribution >= 4 is 10.9 Å². The van der Waals surface area contributed by atoms with Gasteiger partial charge in [-0.2, -0.15) is 0 Å². The summed E-state index contributed by atoms with van der Waals surface area (Å²) in [6, 6.07) is 7.96. The highest BCUT2D eigenvalue weighted by Gasteiger charge is 2.42. The summed E-state index contributed by atoms with van der Waals surface area (Å²) >= 11 is 0. The Hall–Kier alpha value is -2.30. The van der Waals surface area contributed by atoms with Crippen LogP contribution < -0.4 is 4.74 Å². The maximum Gasteiger partial charge on any atom is 0.119 e. The first-order valence-corrected chi connectivity index (χ1v) is 9.46. The molecule has 2 bridgehead atoms. The predicted octanol–water partition coefficient (Wildman–Crippen LogP) is 4.72. The lowest BCUT2D eigenvalue weighted by Crippen LogP contribution is -2.54. The van der Waals surface area contributed by atoms with Crippen LogP contribution in [0.15, 0.2) is 35.6 Å². The maximum absolute atomic E-state index is 9.27. The molecule has 3 aliphatic rings. The first-order valence-electron chi connectivity index (χ1n) is 9.46. The first-order chi connectivity index (χ1) is 12.7. The highest BCUT2D eigenvalue weighted by molar-refractivity contribution is 5.84. The molecule has 0 radical (unpaired) electrons. The number of piperidine rings is 3. The van der Waals surface area contributed by atoms with Gasteiger partial charge < -0.3 is 4.74 Å². The lowest BCUT2D eigenvalue weighted by atomic mass is 9.72. The van der Waals surface area contributed by atoms with Crippen molar-refractivity contribution in [3.63, 3.8) is 0 Å². The van der Waals surface area contributed by atoms with Gasteiger partial charge in [-0.1, -0.05) is 18.5 Å². The fourth-order valence-electron chi connectivity index (χ4n) is 4.90. The molecule has 0 N–H and O–H groups in total. The smallest absolute Gasteiger partial charge is 0.119 e. The van der Waals surface area contributed by atoms with E-state index in [2.05, 4.69) is 26.8 Å². The molecule has 5 rings (SSSR count). The van der Waals surface area contributed by atoms with Gasteiger partial charge >= 0.3 is 0 Å². The highest BCUT2D eigenvalue weighted by atomic mass is 16.5. The maximum atomic E-state index is 9.27. The number of benzene rings is 1. The van der Waals surface area contributed by atoms with Crippen LogP contribution in [0.1, 0.15) is 37.8 Å². The molecule has 1 aromatic heterocycles. The van der Waals surface area contributed by atoms with Crippen molar-refractivity contribution in [2.24, 2.45) is 17.0 Å². The van der Waals surface area contributed by atoms with Gasteiger partial charge in [-0.25, -0.2) is 0 Å². The van der Waals surface area contributed by atoms with Crippen LogP contribution in [0.3, 0.4) is 0 Å². The van der Waals surface area contributed by atoms with Gasteiger partial charge in [0.2, 0.25) is 0 Å². The summed E-state index contributed by atoms with van der Waals surface area (Å²) in [4.78, 5) is 10.2. The second-order valence-electron chi connectivity index (χ2n) is 7.45. The molecule has 2 aromatic rings. The number of hydrogen-bond acceptors (Lipinski definition) is 4. The summed E-state index contributed by atoms with van der Waals surface area (Å²) in [5, 5.41) is 5.28. The summed E-state index contributed by atoms with van der Waals surface area (Å²) in [5.41, 5.74) is 11.2. The molecular weight excluding hydrogens is 326 g/mol. The molecule has 1 aromatic carbocycles. The molecule has 3 aliphatic heterocycles. The van der Waals surface area contributed by atoms with Crippen molar-refractivity contribution in [3.05, 3.63) is 46.5 Å². The number of aromatic nitrogens is 1. The number of azide groups is 1. The standard InChI is InChI=1S/C20H25N5O/c1-3-13-12-25-9-7-14(13)10-19(25)20(23-24-21)16-6-8-22-18-5-4-15(26-2)11-17(16)18/h4-6,8,11,13-14,19-20H,3,7,9-10,12H2,1-2H3. The third-order valence-corrected chi connectivity index (χ3v) is 6.30. The van der Waals surface area contributed by atoms with E-state index in [9.17, 15) is 5.53 Å². The molecule has 3 fully saturated rings. The number of hydrogen-bond donors (Lipinski definition) is 0. The van der Waals surface area contributed by atoms with Crippen LogP contribution >= 0.6 is 0 Å². The Morgan fingerprint density at radius 3 is 3.00 bits per heavy atom. The van der Waals surface area contributed by atoms with E-state index in [1.54, 1.807) is 7.11 Å². The number of pyridine rings is 1. The average molecular weight is 351 g/mol. The summed E-state index contributed by atoms with van der Waals surface area (Å²) in [6.45, 7) is 4.51. The van der Waals surface area contributed by atoms with Crippen LogP contribution in [0, 0.1) is 11.8 Å². The topological polar surface area (TPSA) is 74.1 Å². The lowest BCUT2D eigenvalue weighted by molar-refractivity contribution is -0.0104. The Bertz CT molecular complexity index is 847. The van der Waals surface area contributed by atoms with E-state index in [1.165, 1.54) is 12.8 Å². The Labute approximate surface area is 153 Å². The Balaban J connectivity index is 1.76. The highest BCUT2D eigenvalue weighted by Crippen LogP contribution is 2.44. The summed E-state index contributed by atoms with van der Waals surface area (Å²) < 4.78 is 5.40. The van der Waals surface area contributed by atoms with Gasteiger partial charge in [-0.05, 0) is 66.6 Å². The SMILES string of the molecule is CCC1CN2CCC1CC2C(N=[N+]=[N-])c1ccnc2ccc(OC)cc12. The van der Waals surface area contributed by atoms with E-state index >= 15 is 0 Å². The van der Waals surface area contributed by atoms with E-state index in [0.717, 1.165) is 53.6 Å². The molecule has 0 spiro atoms. The van der Waals surface area contributed by atoms with E-state index in [0.29, 0.717) is 0 Å². The van der Waals surface area contributed by atoms with E-state index in [1.807, 2.05) is 30.5 Å². The zero-order chi connectivity index (χ0) is 18.1. The largest absolute Gasteiger partial charge is 0.497 e. The van der Waals surface area contributed by atoms with Crippen molar-refractivity contribution in [1.82, 2.24) is 9.88 Å². The molecule has 0 aliphatic carbocycles. The second kappa shape index (κ2) is 7.14. The van der Waals surface area contributed by atoms with Gasteiger partial charge in [-0.15, -0.1) is 0 Å². The minimum absolute atomic E-state index is 0.196. The van der Waals surface area contributed by atoms with Crippen LogP contribution in [0.5, 0.6) is 5.75 Å². The predicted molar refractivity (Wildman–Crippen MR) is 102 cm³/mol. The molecular formula is C20H25N5O. The third-order valence-electron chi connectivity index (χ3n) is 6.30. The molecule has 136 valence electrons. The third kappa shape index (κ3) is 2.89. The van der Waals surface area contributed by atoms with Gasteiger partial charge in [0.1, 0.15) is 5.75 Å². The first kappa shape index (κ1) is 17.1. The molecule has 26 heavy (non-hydrogen) atoms. The Kier molecular flexibility index (Phi) is 4.70. The van der Waals surface area contributed by atoms with Crippen molar-refractivity contribution in [1.29, 1.82) is 0 Å². The van der Waals surface area contributed by atoms with Crippen molar-refractivity contribution in [2.75, 3.05) is 20.2 Å². The van der Waals surface area contributed by atoms with Crippen molar-refractivity contribution in [3.8, 4) is 5.75 Å².